The number of piperidine rings is 1. The van der Waals surface area contributed by atoms with Crippen LogP contribution in [0.4, 0.5) is 0 Å². The molecule has 1 saturated heterocycles. The second-order valence-electron chi connectivity index (χ2n) is 6.62. The maximum absolute atomic E-state index is 13.0. The van der Waals surface area contributed by atoms with Gasteiger partial charge in [-0.2, -0.15) is 0 Å². The second kappa shape index (κ2) is 5.53. The summed E-state index contributed by atoms with van der Waals surface area (Å²) in [4.78, 5) is 16.0. The number of benzene rings is 1. The molecule has 2 aromatic rings. The number of fused-ring (bicyclic) bond motifs is 1. The summed E-state index contributed by atoms with van der Waals surface area (Å²) in [5, 5.41) is 4.46. The van der Waals surface area contributed by atoms with Gasteiger partial charge in [-0.25, -0.2) is 13.1 Å². The van der Waals surface area contributed by atoms with Crippen LogP contribution < -0.4 is 10.0 Å². The van der Waals surface area contributed by atoms with Gasteiger partial charge in [0.2, 0.25) is 15.9 Å². The van der Waals surface area contributed by atoms with Crippen molar-refractivity contribution >= 4 is 26.7 Å². The summed E-state index contributed by atoms with van der Waals surface area (Å²) in [6.45, 7) is 0. The number of pyridine rings is 1. The van der Waals surface area contributed by atoms with Crippen molar-refractivity contribution in [1.82, 2.24) is 15.0 Å². The molecule has 1 aromatic heterocycles. The Morgan fingerprint density at radius 1 is 1.25 bits per heavy atom. The summed E-state index contributed by atoms with van der Waals surface area (Å²) in [5.74, 6) is 0.0152. The third-order valence-corrected chi connectivity index (χ3v) is 6.72. The van der Waals surface area contributed by atoms with E-state index in [-0.39, 0.29) is 16.8 Å². The number of sulfonamides is 1. The Hall–Kier alpha value is -1.99. The van der Waals surface area contributed by atoms with Crippen LogP contribution in [0.3, 0.4) is 0 Å². The molecule has 0 unspecified atom stereocenters. The van der Waals surface area contributed by atoms with Gasteiger partial charge in [0.1, 0.15) is 0 Å². The molecule has 2 N–H and O–H groups in total. The van der Waals surface area contributed by atoms with Crippen molar-refractivity contribution in [3.63, 3.8) is 0 Å². The maximum atomic E-state index is 13.0. The molecule has 0 radical (unpaired) electrons. The molecule has 2 fully saturated rings. The molecule has 1 aromatic carbocycles. The monoisotopic (exact) mass is 345 g/mol. The predicted molar refractivity (Wildman–Crippen MR) is 89.8 cm³/mol. The van der Waals surface area contributed by atoms with E-state index in [1.165, 1.54) is 0 Å². The highest BCUT2D eigenvalue weighted by atomic mass is 32.2. The quantitative estimate of drug-likeness (QED) is 0.886. The van der Waals surface area contributed by atoms with Gasteiger partial charge < -0.3 is 5.32 Å². The van der Waals surface area contributed by atoms with Gasteiger partial charge in [-0.3, -0.25) is 9.78 Å². The predicted octanol–water partition coefficient (Wildman–Crippen LogP) is 1.71. The van der Waals surface area contributed by atoms with Crippen LogP contribution in [-0.2, 0) is 14.8 Å². The zero-order valence-corrected chi connectivity index (χ0v) is 14.0. The van der Waals surface area contributed by atoms with Crippen LogP contribution in [0.2, 0.25) is 0 Å². The smallest absolute Gasteiger partial charge is 0.241 e. The normalized spacial score (nSPS) is 23.0. The van der Waals surface area contributed by atoms with Crippen LogP contribution in [0, 0.1) is 0 Å². The van der Waals surface area contributed by atoms with Crippen LogP contribution in [0.25, 0.3) is 10.8 Å². The summed E-state index contributed by atoms with van der Waals surface area (Å²) in [6, 6.07) is 6.63. The molecule has 7 heteroatoms. The Kier molecular flexibility index (Phi) is 3.58. The van der Waals surface area contributed by atoms with Crippen molar-refractivity contribution in [2.45, 2.75) is 48.6 Å². The van der Waals surface area contributed by atoms with E-state index < -0.39 is 15.6 Å². The number of aromatic nitrogens is 1. The molecule has 1 aliphatic heterocycles. The van der Waals surface area contributed by atoms with E-state index in [1.807, 2.05) is 6.07 Å². The number of rotatable bonds is 3. The lowest BCUT2D eigenvalue weighted by Crippen LogP contribution is -2.68. The van der Waals surface area contributed by atoms with Crippen molar-refractivity contribution in [2.24, 2.45) is 0 Å². The fourth-order valence-corrected chi connectivity index (χ4v) is 5.34. The highest BCUT2D eigenvalue weighted by Gasteiger charge is 2.49. The largest absolute Gasteiger partial charge is 0.349 e. The Morgan fingerprint density at radius 3 is 2.83 bits per heavy atom. The van der Waals surface area contributed by atoms with Crippen LogP contribution >= 0.6 is 0 Å². The molecule has 24 heavy (non-hydrogen) atoms. The topological polar surface area (TPSA) is 88.2 Å². The number of nitrogens with zero attached hydrogens (tertiary/aromatic N) is 1. The van der Waals surface area contributed by atoms with Crippen molar-refractivity contribution in [3.05, 3.63) is 36.7 Å². The second-order valence-corrected chi connectivity index (χ2v) is 8.31. The van der Waals surface area contributed by atoms with Crippen LogP contribution in [0.5, 0.6) is 0 Å². The first-order valence-electron chi connectivity index (χ1n) is 8.16. The fraction of sp³-hybridized carbons (Fsp3) is 0.412. The van der Waals surface area contributed by atoms with E-state index >= 15 is 0 Å². The highest BCUT2D eigenvalue weighted by Crippen LogP contribution is 2.39. The third kappa shape index (κ3) is 2.48. The SMILES string of the molecule is O=C1CC[C@H](NS(=O)(=O)c2cccc3cnccc23)C2(CCC2)N1. The zero-order chi connectivity index (χ0) is 16.8. The summed E-state index contributed by atoms with van der Waals surface area (Å²) in [6.07, 6.45) is 6.80. The van der Waals surface area contributed by atoms with Gasteiger partial charge in [0, 0.05) is 35.6 Å². The van der Waals surface area contributed by atoms with Crippen LogP contribution in [0.1, 0.15) is 32.1 Å². The molecule has 1 atom stereocenters. The Labute approximate surface area is 140 Å². The van der Waals surface area contributed by atoms with Gasteiger partial charge in [0.05, 0.1) is 10.4 Å². The number of amides is 1. The van der Waals surface area contributed by atoms with Gasteiger partial charge >= 0.3 is 0 Å². The Morgan fingerprint density at radius 2 is 2.08 bits per heavy atom. The van der Waals surface area contributed by atoms with E-state index in [9.17, 15) is 13.2 Å². The average Bonchev–Trinajstić information content (AvgIpc) is 2.54. The van der Waals surface area contributed by atoms with Crippen LogP contribution in [-0.4, -0.2) is 30.9 Å². The summed E-state index contributed by atoms with van der Waals surface area (Å²) >= 11 is 0. The molecule has 126 valence electrons. The number of carbonyl (C=O) groups is 1. The number of carbonyl (C=O) groups excluding carboxylic acids is 1. The third-order valence-electron chi connectivity index (χ3n) is 5.19. The summed E-state index contributed by atoms with van der Waals surface area (Å²) in [7, 11) is -3.68. The number of nitrogens with one attached hydrogen (secondary N) is 2. The molecule has 0 bridgehead atoms. The first-order chi connectivity index (χ1) is 11.5. The van der Waals surface area contributed by atoms with E-state index in [0.717, 1.165) is 24.6 Å². The number of hydrogen-bond acceptors (Lipinski definition) is 4. The molecule has 6 nitrogen and oxygen atoms in total. The lowest BCUT2D eigenvalue weighted by Gasteiger charge is -2.50. The van der Waals surface area contributed by atoms with E-state index in [0.29, 0.717) is 18.2 Å². The molecule has 1 amide bonds. The van der Waals surface area contributed by atoms with E-state index in [1.54, 1.807) is 30.6 Å². The molecule has 2 aliphatic rings. The van der Waals surface area contributed by atoms with Gasteiger partial charge in [0.15, 0.2) is 0 Å². The standard InChI is InChI=1S/C17H19N3O3S/c21-16-6-5-15(17(19-16)8-2-9-17)20-24(22,23)14-4-1-3-12-11-18-10-7-13(12)14/h1,3-4,7,10-11,15,20H,2,5-6,8-9H2,(H,19,21)/t15-/m0/s1. The van der Waals surface area contributed by atoms with Gasteiger partial charge in [-0.05, 0) is 37.8 Å². The zero-order valence-electron chi connectivity index (χ0n) is 13.2. The van der Waals surface area contributed by atoms with Gasteiger partial charge in [-0.15, -0.1) is 0 Å². The maximum Gasteiger partial charge on any atom is 0.241 e. The first-order valence-corrected chi connectivity index (χ1v) is 9.65. The molecule has 2 heterocycles. The molecule has 1 saturated carbocycles. The fourth-order valence-electron chi connectivity index (χ4n) is 3.76. The minimum absolute atomic E-state index is 0.0152. The number of hydrogen-bond donors (Lipinski definition) is 2. The lowest BCUT2D eigenvalue weighted by molar-refractivity contribution is -0.127. The van der Waals surface area contributed by atoms with Gasteiger partial charge in [-0.1, -0.05) is 12.1 Å². The molecular weight excluding hydrogens is 326 g/mol. The Bertz CT molecular complexity index is 901. The van der Waals surface area contributed by atoms with Crippen molar-refractivity contribution in [2.75, 3.05) is 0 Å². The molecule has 4 rings (SSSR count). The molecule has 1 spiro atoms. The molecular formula is C17H19N3O3S. The van der Waals surface area contributed by atoms with E-state index in [2.05, 4.69) is 15.0 Å². The van der Waals surface area contributed by atoms with Crippen LogP contribution in [0.15, 0.2) is 41.6 Å². The Balaban J connectivity index is 1.69. The lowest BCUT2D eigenvalue weighted by atomic mass is 9.68. The van der Waals surface area contributed by atoms with Crippen molar-refractivity contribution in [3.8, 4) is 0 Å². The van der Waals surface area contributed by atoms with Crippen molar-refractivity contribution in [1.29, 1.82) is 0 Å². The summed E-state index contributed by atoms with van der Waals surface area (Å²) < 4.78 is 28.8. The van der Waals surface area contributed by atoms with E-state index in [4.69, 9.17) is 0 Å². The first kappa shape index (κ1) is 15.5. The summed E-state index contributed by atoms with van der Waals surface area (Å²) in [5.41, 5.74) is -0.408. The highest BCUT2D eigenvalue weighted by molar-refractivity contribution is 7.89. The molecule has 1 aliphatic carbocycles. The minimum Gasteiger partial charge on any atom is -0.349 e. The average molecular weight is 345 g/mol. The minimum atomic E-state index is -3.68. The van der Waals surface area contributed by atoms with Gasteiger partial charge in [0.25, 0.3) is 0 Å². The van der Waals surface area contributed by atoms with Crippen molar-refractivity contribution < 1.29 is 13.2 Å².